The van der Waals surface area contributed by atoms with Crippen molar-refractivity contribution < 1.29 is 23.0 Å². The van der Waals surface area contributed by atoms with Crippen molar-refractivity contribution in [1.82, 2.24) is 9.88 Å². The highest BCUT2D eigenvalue weighted by molar-refractivity contribution is 5.68. The van der Waals surface area contributed by atoms with Gasteiger partial charge in [-0.1, -0.05) is 6.07 Å². The Morgan fingerprint density at radius 2 is 1.90 bits per heavy atom. The van der Waals surface area contributed by atoms with E-state index in [9.17, 15) is 13.6 Å². The van der Waals surface area contributed by atoms with Gasteiger partial charge >= 0.3 is 6.09 Å². The van der Waals surface area contributed by atoms with Crippen LogP contribution in [0.1, 0.15) is 50.8 Å². The van der Waals surface area contributed by atoms with Crippen LogP contribution in [0.25, 0.3) is 0 Å². The lowest BCUT2D eigenvalue weighted by Gasteiger charge is -2.33. The maximum Gasteiger partial charge on any atom is 0.410 e. The van der Waals surface area contributed by atoms with E-state index in [2.05, 4.69) is 4.98 Å². The first kappa shape index (κ1) is 21.0. The molecule has 2 aromatic rings. The SMILES string of the molecule is CC(C)(C)OC(=O)N1CCC(c2cccc(OCc3cc(F)ccc3F)n2)CC1. The number of likely N-dealkylation sites (tertiary alicyclic amines) is 1. The maximum atomic E-state index is 13.7. The van der Waals surface area contributed by atoms with Crippen molar-refractivity contribution in [2.24, 2.45) is 0 Å². The molecule has 1 aromatic carbocycles. The van der Waals surface area contributed by atoms with Crippen LogP contribution in [0.2, 0.25) is 0 Å². The molecule has 1 amide bonds. The van der Waals surface area contributed by atoms with Gasteiger partial charge < -0.3 is 14.4 Å². The van der Waals surface area contributed by atoms with Gasteiger partial charge in [-0.2, -0.15) is 0 Å². The molecule has 0 spiro atoms. The molecule has 3 rings (SSSR count). The van der Waals surface area contributed by atoms with E-state index in [-0.39, 0.29) is 24.2 Å². The van der Waals surface area contributed by atoms with Gasteiger partial charge in [-0.05, 0) is 57.9 Å². The van der Waals surface area contributed by atoms with Gasteiger partial charge in [0.25, 0.3) is 0 Å². The Bertz CT molecular complexity index is 859. The molecule has 1 aliphatic heterocycles. The molecule has 1 aromatic heterocycles. The minimum atomic E-state index is -0.517. The first-order valence-electron chi connectivity index (χ1n) is 9.73. The molecule has 0 atom stereocenters. The highest BCUT2D eigenvalue weighted by atomic mass is 19.1. The summed E-state index contributed by atoms with van der Waals surface area (Å²) in [4.78, 5) is 18.4. The normalized spacial score (nSPS) is 15.3. The number of nitrogens with zero attached hydrogens (tertiary/aromatic N) is 2. The fraction of sp³-hybridized carbons (Fsp3) is 0.455. The van der Waals surface area contributed by atoms with E-state index in [1.807, 2.05) is 32.9 Å². The number of rotatable bonds is 4. The monoisotopic (exact) mass is 404 g/mol. The Balaban J connectivity index is 1.57. The van der Waals surface area contributed by atoms with Gasteiger partial charge in [-0.25, -0.2) is 18.6 Å². The van der Waals surface area contributed by atoms with Crippen LogP contribution in [-0.4, -0.2) is 34.7 Å². The van der Waals surface area contributed by atoms with Crippen molar-refractivity contribution >= 4 is 6.09 Å². The van der Waals surface area contributed by atoms with Crippen molar-refractivity contribution in [3.8, 4) is 5.88 Å². The fourth-order valence-corrected chi connectivity index (χ4v) is 3.23. The largest absolute Gasteiger partial charge is 0.473 e. The molecule has 0 aliphatic carbocycles. The van der Waals surface area contributed by atoms with Gasteiger partial charge in [0, 0.05) is 36.3 Å². The van der Waals surface area contributed by atoms with Crippen LogP contribution < -0.4 is 4.74 Å². The molecule has 0 saturated carbocycles. The minimum Gasteiger partial charge on any atom is -0.473 e. The summed E-state index contributed by atoms with van der Waals surface area (Å²) in [5, 5.41) is 0. The number of pyridine rings is 1. The molecule has 0 unspecified atom stereocenters. The number of hydrogen-bond donors (Lipinski definition) is 0. The summed E-state index contributed by atoms with van der Waals surface area (Å²) in [5.41, 5.74) is 0.497. The zero-order valence-corrected chi connectivity index (χ0v) is 17.0. The van der Waals surface area contributed by atoms with Crippen LogP contribution in [0.5, 0.6) is 5.88 Å². The molecule has 2 heterocycles. The van der Waals surface area contributed by atoms with Crippen LogP contribution in [0.15, 0.2) is 36.4 Å². The van der Waals surface area contributed by atoms with E-state index in [0.29, 0.717) is 19.0 Å². The highest BCUT2D eigenvalue weighted by Gasteiger charge is 2.28. The zero-order valence-electron chi connectivity index (χ0n) is 17.0. The molecule has 1 fully saturated rings. The lowest BCUT2D eigenvalue weighted by Crippen LogP contribution is -2.41. The Labute approximate surface area is 169 Å². The minimum absolute atomic E-state index is 0.100. The molecule has 1 aliphatic rings. The third-order valence-electron chi connectivity index (χ3n) is 4.69. The second-order valence-electron chi connectivity index (χ2n) is 8.17. The zero-order chi connectivity index (χ0) is 21.0. The Morgan fingerprint density at radius 3 is 2.59 bits per heavy atom. The molecular weight excluding hydrogens is 378 g/mol. The van der Waals surface area contributed by atoms with E-state index >= 15 is 0 Å². The molecule has 7 heteroatoms. The predicted molar refractivity (Wildman–Crippen MR) is 105 cm³/mol. The standard InChI is InChI=1S/C22H26F2N2O3/c1-22(2,3)29-21(27)26-11-9-15(10-12-26)19-5-4-6-20(25-19)28-14-16-13-17(23)7-8-18(16)24/h4-8,13,15H,9-12,14H2,1-3H3. The fourth-order valence-electron chi connectivity index (χ4n) is 3.23. The molecular formula is C22H26F2N2O3. The van der Waals surface area contributed by atoms with Crippen molar-refractivity contribution in [2.45, 2.75) is 51.7 Å². The highest BCUT2D eigenvalue weighted by Crippen LogP contribution is 2.28. The summed E-state index contributed by atoms with van der Waals surface area (Å²) in [6.07, 6.45) is 1.25. The number of amides is 1. The van der Waals surface area contributed by atoms with E-state index in [0.717, 1.165) is 36.7 Å². The Hall–Kier alpha value is -2.70. The van der Waals surface area contributed by atoms with Crippen molar-refractivity contribution in [1.29, 1.82) is 0 Å². The maximum absolute atomic E-state index is 13.7. The van der Waals surface area contributed by atoms with Gasteiger partial charge in [0.2, 0.25) is 5.88 Å². The van der Waals surface area contributed by atoms with Crippen LogP contribution in [-0.2, 0) is 11.3 Å². The average Bonchev–Trinajstić information content (AvgIpc) is 2.68. The molecule has 0 radical (unpaired) electrons. The van der Waals surface area contributed by atoms with E-state index in [4.69, 9.17) is 9.47 Å². The molecule has 0 bridgehead atoms. The number of halogens is 2. The number of piperidine rings is 1. The first-order valence-corrected chi connectivity index (χ1v) is 9.73. The number of carbonyl (C=O) groups excluding carboxylic acids is 1. The quantitative estimate of drug-likeness (QED) is 0.715. The third kappa shape index (κ3) is 5.89. The smallest absolute Gasteiger partial charge is 0.410 e. The summed E-state index contributed by atoms with van der Waals surface area (Å²) >= 11 is 0. The number of ether oxygens (including phenoxy) is 2. The lowest BCUT2D eigenvalue weighted by atomic mass is 9.93. The molecule has 29 heavy (non-hydrogen) atoms. The van der Waals surface area contributed by atoms with Crippen molar-refractivity contribution in [3.05, 3.63) is 59.3 Å². The van der Waals surface area contributed by atoms with Gasteiger partial charge in [0.15, 0.2) is 0 Å². The van der Waals surface area contributed by atoms with E-state index < -0.39 is 17.2 Å². The number of hydrogen-bond acceptors (Lipinski definition) is 4. The molecule has 1 saturated heterocycles. The van der Waals surface area contributed by atoms with E-state index in [1.54, 1.807) is 11.0 Å². The Kier molecular flexibility index (Phi) is 6.35. The second-order valence-corrected chi connectivity index (χ2v) is 8.17. The first-order chi connectivity index (χ1) is 13.7. The molecule has 156 valence electrons. The lowest BCUT2D eigenvalue weighted by molar-refractivity contribution is 0.0204. The number of carbonyl (C=O) groups is 1. The Morgan fingerprint density at radius 1 is 1.17 bits per heavy atom. The van der Waals surface area contributed by atoms with Gasteiger partial charge in [-0.15, -0.1) is 0 Å². The average molecular weight is 404 g/mol. The molecule has 5 nitrogen and oxygen atoms in total. The number of aromatic nitrogens is 1. The van der Waals surface area contributed by atoms with Crippen LogP contribution in [0.4, 0.5) is 13.6 Å². The van der Waals surface area contributed by atoms with Crippen LogP contribution in [0.3, 0.4) is 0 Å². The van der Waals surface area contributed by atoms with E-state index in [1.165, 1.54) is 0 Å². The number of benzene rings is 1. The van der Waals surface area contributed by atoms with Crippen LogP contribution in [0, 0.1) is 11.6 Å². The second kappa shape index (κ2) is 8.76. The predicted octanol–water partition coefficient (Wildman–Crippen LogP) is 5.05. The van der Waals surface area contributed by atoms with Gasteiger partial charge in [-0.3, -0.25) is 0 Å². The topological polar surface area (TPSA) is 51.7 Å². The van der Waals surface area contributed by atoms with Gasteiger partial charge in [0.1, 0.15) is 23.8 Å². The third-order valence-corrected chi connectivity index (χ3v) is 4.69. The summed E-state index contributed by atoms with van der Waals surface area (Å²) < 4.78 is 38.0. The van der Waals surface area contributed by atoms with Gasteiger partial charge in [0.05, 0.1) is 0 Å². The summed E-state index contributed by atoms with van der Waals surface area (Å²) in [7, 11) is 0. The van der Waals surface area contributed by atoms with Crippen LogP contribution >= 0.6 is 0 Å². The van der Waals surface area contributed by atoms with Crippen molar-refractivity contribution in [3.63, 3.8) is 0 Å². The molecule has 0 N–H and O–H groups in total. The summed E-state index contributed by atoms with van der Waals surface area (Å²) in [5.74, 6) is -0.468. The summed E-state index contributed by atoms with van der Waals surface area (Å²) in [6, 6.07) is 8.71. The van der Waals surface area contributed by atoms with Crippen molar-refractivity contribution in [2.75, 3.05) is 13.1 Å². The summed E-state index contributed by atoms with van der Waals surface area (Å²) in [6.45, 7) is 6.65.